The van der Waals surface area contributed by atoms with E-state index in [0.717, 1.165) is 5.56 Å². The molecule has 1 amide bonds. The number of anilines is 1. The van der Waals surface area contributed by atoms with Crippen LogP contribution in [0.15, 0.2) is 72.8 Å². The third kappa shape index (κ3) is 3.93. The molecule has 0 unspecified atom stereocenters. The third-order valence-electron chi connectivity index (χ3n) is 4.62. The number of ether oxygens (including phenoxy) is 1. The van der Waals surface area contributed by atoms with Crippen LogP contribution in [0.1, 0.15) is 17.3 Å². The van der Waals surface area contributed by atoms with Crippen molar-refractivity contribution in [3.63, 3.8) is 0 Å². The summed E-state index contributed by atoms with van der Waals surface area (Å²) in [5.41, 5.74) is 2.80. The number of hydrogen-bond donors (Lipinski definition) is 2. The summed E-state index contributed by atoms with van der Waals surface area (Å²) in [6.45, 7) is 2.31. The highest BCUT2D eigenvalue weighted by Gasteiger charge is 2.14. The number of aromatic hydroxyl groups is 1. The molecule has 0 saturated carbocycles. The number of nitrogens with zero attached hydrogens (tertiary/aromatic N) is 1. The molecule has 150 valence electrons. The van der Waals surface area contributed by atoms with Crippen molar-refractivity contribution in [2.75, 3.05) is 11.9 Å². The van der Waals surface area contributed by atoms with Crippen molar-refractivity contribution in [2.24, 2.45) is 0 Å². The van der Waals surface area contributed by atoms with Crippen LogP contribution in [0.2, 0.25) is 0 Å². The maximum atomic E-state index is 13.3. The number of carbonyl (C=O) groups is 1. The molecule has 0 bridgehead atoms. The molecule has 4 rings (SSSR count). The van der Waals surface area contributed by atoms with E-state index < -0.39 is 0 Å². The number of aromatic nitrogens is 1. The minimum Gasteiger partial charge on any atom is -0.506 e. The molecule has 0 saturated heterocycles. The van der Waals surface area contributed by atoms with Gasteiger partial charge in [-0.2, -0.15) is 0 Å². The van der Waals surface area contributed by atoms with Gasteiger partial charge in [-0.3, -0.25) is 4.79 Å². The van der Waals surface area contributed by atoms with Crippen LogP contribution in [-0.2, 0) is 0 Å². The van der Waals surface area contributed by atoms with E-state index in [1.807, 2.05) is 6.92 Å². The number of amides is 1. The zero-order valence-electron chi connectivity index (χ0n) is 16.2. The molecule has 0 aliphatic carbocycles. The molecule has 0 radical (unpaired) electrons. The summed E-state index contributed by atoms with van der Waals surface area (Å²) in [5, 5.41) is 13.3. The Morgan fingerprint density at radius 2 is 1.83 bits per heavy atom. The summed E-state index contributed by atoms with van der Waals surface area (Å²) in [4.78, 5) is 17.3. The smallest absolute Gasteiger partial charge is 0.255 e. The molecule has 0 atom stereocenters. The number of phenols is 1. The van der Waals surface area contributed by atoms with E-state index in [9.17, 15) is 14.3 Å². The highest BCUT2D eigenvalue weighted by molar-refractivity contribution is 6.07. The predicted octanol–water partition coefficient (Wildman–Crippen LogP) is 5.40. The summed E-state index contributed by atoms with van der Waals surface area (Å²) in [6.07, 6.45) is 0. The van der Waals surface area contributed by atoms with Gasteiger partial charge in [-0.25, -0.2) is 9.37 Å². The number of para-hydroxylation sites is 2. The fraction of sp³-hybridized carbons (Fsp3) is 0.0833. The summed E-state index contributed by atoms with van der Waals surface area (Å²) in [5.74, 6) is -0.0978. The molecule has 5 nitrogen and oxygen atoms in total. The van der Waals surface area contributed by atoms with Crippen molar-refractivity contribution in [1.29, 1.82) is 0 Å². The Bertz CT molecular complexity index is 1220. The van der Waals surface area contributed by atoms with Gasteiger partial charge < -0.3 is 15.2 Å². The van der Waals surface area contributed by atoms with Gasteiger partial charge in [0, 0.05) is 22.6 Å². The van der Waals surface area contributed by atoms with Gasteiger partial charge in [0.15, 0.2) is 0 Å². The molecule has 0 fully saturated rings. The van der Waals surface area contributed by atoms with Gasteiger partial charge in [0.2, 0.25) is 0 Å². The van der Waals surface area contributed by atoms with Crippen molar-refractivity contribution in [1.82, 2.24) is 4.98 Å². The number of carbonyl (C=O) groups excluding carboxylic acids is 1. The topological polar surface area (TPSA) is 71.5 Å². The molecule has 0 aliphatic rings. The van der Waals surface area contributed by atoms with E-state index in [0.29, 0.717) is 40.2 Å². The Labute approximate surface area is 172 Å². The van der Waals surface area contributed by atoms with Crippen LogP contribution in [0, 0.1) is 5.82 Å². The molecule has 4 aromatic rings. The van der Waals surface area contributed by atoms with Gasteiger partial charge in [0.1, 0.15) is 17.3 Å². The number of fused-ring (bicyclic) bond motifs is 1. The Morgan fingerprint density at radius 3 is 2.57 bits per heavy atom. The standard InChI is InChI=1S/C24H19FN2O3/c1-2-30-23-14-21(15-7-10-17(25)11-8-15)26-19-12-9-16(13-18(19)23)24(29)27-20-5-3-4-6-22(20)28/h3-14,28H,2H2,1H3,(H,27,29). The van der Waals surface area contributed by atoms with Gasteiger partial charge in [0.05, 0.1) is 23.5 Å². The van der Waals surface area contributed by atoms with Gasteiger partial charge in [-0.05, 0) is 61.5 Å². The van der Waals surface area contributed by atoms with E-state index in [4.69, 9.17) is 4.74 Å². The highest BCUT2D eigenvalue weighted by atomic mass is 19.1. The van der Waals surface area contributed by atoms with Gasteiger partial charge in [0.25, 0.3) is 5.91 Å². The van der Waals surface area contributed by atoms with Gasteiger partial charge >= 0.3 is 0 Å². The lowest BCUT2D eigenvalue weighted by atomic mass is 10.1. The number of halogens is 1. The molecule has 0 aliphatic heterocycles. The van der Waals surface area contributed by atoms with Crippen molar-refractivity contribution in [2.45, 2.75) is 6.92 Å². The van der Waals surface area contributed by atoms with Gasteiger partial charge in [-0.15, -0.1) is 0 Å². The fourth-order valence-corrected chi connectivity index (χ4v) is 3.15. The molecule has 30 heavy (non-hydrogen) atoms. The third-order valence-corrected chi connectivity index (χ3v) is 4.62. The molecule has 1 aromatic heterocycles. The number of rotatable bonds is 5. The highest BCUT2D eigenvalue weighted by Crippen LogP contribution is 2.31. The lowest BCUT2D eigenvalue weighted by Crippen LogP contribution is -2.12. The van der Waals surface area contributed by atoms with E-state index in [1.165, 1.54) is 18.2 Å². The average molecular weight is 402 g/mol. The van der Waals surface area contributed by atoms with Crippen LogP contribution in [0.3, 0.4) is 0 Å². The lowest BCUT2D eigenvalue weighted by Gasteiger charge is -2.12. The first-order valence-corrected chi connectivity index (χ1v) is 9.48. The number of pyridine rings is 1. The summed E-state index contributed by atoms with van der Waals surface area (Å²) >= 11 is 0. The molecule has 0 spiro atoms. The Balaban J connectivity index is 1.73. The first-order valence-electron chi connectivity index (χ1n) is 9.48. The predicted molar refractivity (Wildman–Crippen MR) is 114 cm³/mol. The van der Waals surface area contributed by atoms with Gasteiger partial charge in [-0.1, -0.05) is 12.1 Å². The van der Waals surface area contributed by atoms with Crippen LogP contribution in [0.5, 0.6) is 11.5 Å². The van der Waals surface area contributed by atoms with Crippen LogP contribution in [-0.4, -0.2) is 22.6 Å². The van der Waals surface area contributed by atoms with Crippen molar-refractivity contribution < 1.29 is 19.0 Å². The number of nitrogens with one attached hydrogen (secondary N) is 1. The van der Waals surface area contributed by atoms with Crippen LogP contribution in [0.25, 0.3) is 22.2 Å². The number of phenolic OH excluding ortho intramolecular Hbond substituents is 1. The maximum Gasteiger partial charge on any atom is 0.255 e. The minimum atomic E-state index is -0.358. The molecular weight excluding hydrogens is 383 g/mol. The van der Waals surface area contributed by atoms with Crippen LogP contribution < -0.4 is 10.1 Å². The van der Waals surface area contributed by atoms with Crippen LogP contribution in [0.4, 0.5) is 10.1 Å². The average Bonchev–Trinajstić information content (AvgIpc) is 2.75. The Kier molecular flexibility index (Phi) is 5.30. The van der Waals surface area contributed by atoms with E-state index in [2.05, 4.69) is 10.3 Å². The molecule has 6 heteroatoms. The van der Waals surface area contributed by atoms with E-state index in [1.54, 1.807) is 54.6 Å². The molecule has 2 N–H and O–H groups in total. The Morgan fingerprint density at radius 1 is 1.07 bits per heavy atom. The first-order chi connectivity index (χ1) is 14.5. The van der Waals surface area contributed by atoms with E-state index >= 15 is 0 Å². The number of hydrogen-bond acceptors (Lipinski definition) is 4. The fourth-order valence-electron chi connectivity index (χ4n) is 3.15. The summed E-state index contributed by atoms with van der Waals surface area (Å²) in [7, 11) is 0. The second-order valence-electron chi connectivity index (χ2n) is 6.65. The maximum absolute atomic E-state index is 13.3. The Hall–Kier alpha value is -3.93. The van der Waals surface area contributed by atoms with Crippen molar-refractivity contribution >= 4 is 22.5 Å². The zero-order chi connectivity index (χ0) is 21.1. The zero-order valence-corrected chi connectivity index (χ0v) is 16.2. The largest absolute Gasteiger partial charge is 0.506 e. The van der Waals surface area contributed by atoms with E-state index in [-0.39, 0.29) is 17.5 Å². The van der Waals surface area contributed by atoms with Crippen LogP contribution >= 0.6 is 0 Å². The lowest BCUT2D eigenvalue weighted by molar-refractivity contribution is 0.102. The minimum absolute atomic E-state index is 0.00718. The summed E-state index contributed by atoms with van der Waals surface area (Å²) in [6, 6.07) is 19.5. The normalized spacial score (nSPS) is 10.7. The second kappa shape index (κ2) is 8.21. The molecular formula is C24H19FN2O3. The first kappa shape index (κ1) is 19.4. The quantitative estimate of drug-likeness (QED) is 0.439. The SMILES string of the molecule is CCOc1cc(-c2ccc(F)cc2)nc2ccc(C(=O)Nc3ccccc3O)cc12. The number of benzene rings is 3. The monoisotopic (exact) mass is 402 g/mol. The molecule has 1 heterocycles. The summed E-state index contributed by atoms with van der Waals surface area (Å²) < 4.78 is 19.0. The molecule has 3 aromatic carbocycles. The van der Waals surface area contributed by atoms with Crippen molar-refractivity contribution in [3.05, 3.63) is 84.2 Å². The second-order valence-corrected chi connectivity index (χ2v) is 6.65. The van der Waals surface area contributed by atoms with Crippen molar-refractivity contribution in [3.8, 4) is 22.8 Å².